The lowest BCUT2D eigenvalue weighted by Crippen LogP contribution is -2.04. The lowest BCUT2D eigenvalue weighted by atomic mass is 10.1. The number of fused-ring (bicyclic) bond motifs is 2. The molecule has 0 fully saturated rings. The van der Waals surface area contributed by atoms with Gasteiger partial charge < -0.3 is 23.8 Å². The van der Waals surface area contributed by atoms with E-state index in [1.165, 1.54) is 0 Å². The molecule has 1 aliphatic rings. The monoisotopic (exact) mass is 362 g/mol. The van der Waals surface area contributed by atoms with Gasteiger partial charge in [-0.25, -0.2) is 9.97 Å². The molecule has 1 aliphatic heterocycles. The maximum Gasteiger partial charge on any atom is 0.231 e. The molecule has 2 aromatic carbocycles. The summed E-state index contributed by atoms with van der Waals surface area (Å²) in [7, 11) is 1.64. The Labute approximate surface area is 155 Å². The van der Waals surface area contributed by atoms with E-state index in [1.807, 2.05) is 42.6 Å². The molecule has 0 saturated carbocycles. The van der Waals surface area contributed by atoms with E-state index in [-0.39, 0.29) is 6.79 Å². The zero-order chi connectivity index (χ0) is 18.2. The van der Waals surface area contributed by atoms with E-state index in [9.17, 15) is 0 Å². The Bertz CT molecular complexity index is 1080. The number of hydrogen-bond acceptors (Lipinski definition) is 5. The summed E-state index contributed by atoms with van der Waals surface area (Å²) >= 11 is 0. The van der Waals surface area contributed by atoms with Crippen LogP contribution < -0.4 is 14.2 Å². The van der Waals surface area contributed by atoms with Crippen LogP contribution in [-0.2, 0) is 13.0 Å². The smallest absolute Gasteiger partial charge is 0.231 e. The van der Waals surface area contributed by atoms with Crippen LogP contribution in [0.4, 0.5) is 0 Å². The van der Waals surface area contributed by atoms with Gasteiger partial charge in [-0.2, -0.15) is 0 Å². The summed E-state index contributed by atoms with van der Waals surface area (Å²) < 4.78 is 18.6. The number of aryl methyl sites for hydroxylation is 2. The predicted molar refractivity (Wildman–Crippen MR) is 100 cm³/mol. The zero-order valence-corrected chi connectivity index (χ0v) is 14.8. The number of rotatable bonds is 5. The van der Waals surface area contributed by atoms with Crippen molar-refractivity contribution in [2.45, 2.75) is 13.0 Å². The first kappa shape index (κ1) is 15.7. The Morgan fingerprint density at radius 2 is 2.04 bits per heavy atom. The van der Waals surface area contributed by atoms with Gasteiger partial charge in [-0.3, -0.25) is 0 Å². The molecule has 27 heavy (non-hydrogen) atoms. The van der Waals surface area contributed by atoms with E-state index in [0.29, 0.717) is 17.2 Å². The summed E-state index contributed by atoms with van der Waals surface area (Å²) in [5.41, 5.74) is 2.91. The predicted octanol–water partition coefficient (Wildman–Crippen LogP) is 3.41. The molecule has 4 aromatic rings. The third-order valence-corrected chi connectivity index (χ3v) is 4.68. The zero-order valence-electron chi connectivity index (χ0n) is 14.8. The van der Waals surface area contributed by atoms with Gasteiger partial charge in [0.1, 0.15) is 17.4 Å². The fourth-order valence-electron chi connectivity index (χ4n) is 3.35. The summed E-state index contributed by atoms with van der Waals surface area (Å²) in [6, 6.07) is 11.8. The number of methoxy groups -OCH3 is 1. The molecule has 0 unspecified atom stereocenters. The van der Waals surface area contributed by atoms with E-state index >= 15 is 0 Å². The fraction of sp³-hybridized carbons (Fsp3) is 0.200. The van der Waals surface area contributed by atoms with Gasteiger partial charge in [-0.15, -0.1) is 0 Å². The van der Waals surface area contributed by atoms with Crippen molar-refractivity contribution in [2.75, 3.05) is 13.9 Å². The minimum absolute atomic E-state index is 0.225. The summed E-state index contributed by atoms with van der Waals surface area (Å²) in [6.07, 6.45) is 4.52. The van der Waals surface area contributed by atoms with Crippen LogP contribution in [-0.4, -0.2) is 33.4 Å². The molecule has 1 N–H and O–H groups in total. The van der Waals surface area contributed by atoms with Crippen LogP contribution in [0, 0.1) is 0 Å². The number of benzene rings is 2. The van der Waals surface area contributed by atoms with Gasteiger partial charge in [0.15, 0.2) is 11.5 Å². The molecular formula is C20H18N4O3. The molecule has 0 spiro atoms. The van der Waals surface area contributed by atoms with Crippen molar-refractivity contribution < 1.29 is 14.2 Å². The second-order valence-electron chi connectivity index (χ2n) is 6.30. The normalized spacial score (nSPS) is 12.6. The van der Waals surface area contributed by atoms with Crippen LogP contribution in [0.3, 0.4) is 0 Å². The number of hydrogen-bond donors (Lipinski definition) is 1. The molecule has 7 nitrogen and oxygen atoms in total. The number of nitrogens with zero attached hydrogens (tertiary/aromatic N) is 3. The van der Waals surface area contributed by atoms with E-state index in [4.69, 9.17) is 14.2 Å². The van der Waals surface area contributed by atoms with E-state index in [1.54, 1.807) is 13.3 Å². The van der Waals surface area contributed by atoms with Crippen molar-refractivity contribution in [3.05, 3.63) is 54.6 Å². The number of nitrogens with one attached hydrogen (secondary N) is 1. The minimum Gasteiger partial charge on any atom is -0.496 e. The van der Waals surface area contributed by atoms with Gasteiger partial charge in [0.05, 0.1) is 23.7 Å². The molecule has 7 heteroatoms. The SMILES string of the molecule is COc1cc2c(cc1-c1nccn1CCc1nc3ccccc3[nH]1)OCO2. The lowest BCUT2D eigenvalue weighted by molar-refractivity contribution is 0.174. The second-order valence-corrected chi connectivity index (χ2v) is 6.30. The minimum atomic E-state index is 0.225. The topological polar surface area (TPSA) is 74.2 Å². The van der Waals surface area contributed by atoms with Crippen LogP contribution in [0.1, 0.15) is 5.82 Å². The number of aromatic nitrogens is 4. The highest BCUT2D eigenvalue weighted by atomic mass is 16.7. The molecule has 0 amide bonds. The van der Waals surface area contributed by atoms with Gasteiger partial charge in [0.25, 0.3) is 0 Å². The standard InChI is InChI=1S/C20H18N4O3/c1-25-16-11-18-17(26-12-27-18)10-13(16)20-21-7-9-24(20)8-6-19-22-14-4-2-3-5-15(14)23-19/h2-5,7,9-11H,6,8,12H2,1H3,(H,22,23). The molecule has 0 saturated heterocycles. The molecule has 3 heterocycles. The highest BCUT2D eigenvalue weighted by molar-refractivity contribution is 5.74. The first-order valence-electron chi connectivity index (χ1n) is 8.74. The van der Waals surface area contributed by atoms with Gasteiger partial charge in [-0.1, -0.05) is 12.1 Å². The van der Waals surface area contributed by atoms with E-state index in [0.717, 1.165) is 41.2 Å². The number of ether oxygens (including phenoxy) is 3. The number of imidazole rings is 2. The average Bonchev–Trinajstić information content (AvgIpc) is 3.42. The third-order valence-electron chi connectivity index (χ3n) is 4.68. The quantitative estimate of drug-likeness (QED) is 0.589. The van der Waals surface area contributed by atoms with Crippen LogP contribution in [0.5, 0.6) is 17.2 Å². The Kier molecular flexibility index (Phi) is 3.71. The molecule has 5 rings (SSSR count). The largest absolute Gasteiger partial charge is 0.496 e. The maximum atomic E-state index is 5.54. The van der Waals surface area contributed by atoms with Crippen LogP contribution in [0.25, 0.3) is 22.4 Å². The first-order valence-corrected chi connectivity index (χ1v) is 8.74. The van der Waals surface area contributed by atoms with Crippen LogP contribution in [0.2, 0.25) is 0 Å². The fourth-order valence-corrected chi connectivity index (χ4v) is 3.35. The molecule has 2 aromatic heterocycles. The Morgan fingerprint density at radius 3 is 2.89 bits per heavy atom. The van der Waals surface area contributed by atoms with Gasteiger partial charge >= 0.3 is 0 Å². The highest BCUT2D eigenvalue weighted by Gasteiger charge is 2.21. The van der Waals surface area contributed by atoms with Gasteiger partial charge in [-0.05, 0) is 18.2 Å². The van der Waals surface area contributed by atoms with E-state index < -0.39 is 0 Å². The van der Waals surface area contributed by atoms with Crippen molar-refractivity contribution in [1.82, 2.24) is 19.5 Å². The summed E-state index contributed by atoms with van der Waals surface area (Å²) in [5.74, 6) is 3.87. The average molecular weight is 362 g/mol. The van der Waals surface area contributed by atoms with Crippen molar-refractivity contribution in [3.63, 3.8) is 0 Å². The molecule has 0 aliphatic carbocycles. The Balaban J connectivity index is 1.44. The molecule has 0 radical (unpaired) electrons. The summed E-state index contributed by atoms with van der Waals surface area (Å²) in [5, 5.41) is 0. The second kappa shape index (κ2) is 6.35. The van der Waals surface area contributed by atoms with Crippen molar-refractivity contribution >= 4 is 11.0 Å². The van der Waals surface area contributed by atoms with Gasteiger partial charge in [0, 0.05) is 31.4 Å². The third kappa shape index (κ3) is 2.77. The highest BCUT2D eigenvalue weighted by Crippen LogP contribution is 2.42. The number of para-hydroxylation sites is 2. The number of H-pyrrole nitrogens is 1. The molecule has 136 valence electrons. The summed E-state index contributed by atoms with van der Waals surface area (Å²) in [6.45, 7) is 0.967. The maximum absolute atomic E-state index is 5.54. The van der Waals surface area contributed by atoms with Crippen molar-refractivity contribution in [1.29, 1.82) is 0 Å². The summed E-state index contributed by atoms with van der Waals surface area (Å²) in [4.78, 5) is 12.5. The molecular weight excluding hydrogens is 344 g/mol. The van der Waals surface area contributed by atoms with Crippen molar-refractivity contribution in [2.24, 2.45) is 0 Å². The Hall–Kier alpha value is -3.48. The van der Waals surface area contributed by atoms with Crippen LogP contribution >= 0.6 is 0 Å². The van der Waals surface area contributed by atoms with Gasteiger partial charge in [0.2, 0.25) is 6.79 Å². The van der Waals surface area contributed by atoms with Crippen molar-refractivity contribution in [3.8, 4) is 28.6 Å². The Morgan fingerprint density at radius 1 is 1.19 bits per heavy atom. The van der Waals surface area contributed by atoms with Crippen LogP contribution in [0.15, 0.2) is 48.8 Å². The molecule has 0 atom stereocenters. The number of aromatic amines is 1. The van der Waals surface area contributed by atoms with E-state index in [2.05, 4.69) is 19.5 Å². The lowest BCUT2D eigenvalue weighted by Gasteiger charge is -2.12. The first-order chi connectivity index (χ1) is 13.3. The molecule has 0 bridgehead atoms.